The van der Waals surface area contributed by atoms with Gasteiger partial charge in [-0.2, -0.15) is 0 Å². The standard InChI is InChI=1S/C11H22O2/c1-8-4-3-5-10(6-8)7-11(13)9(2)12/h8-13H,3-7H2,1-2H3/t8-,9?,10?,11?/m1/s1. The maximum atomic E-state index is 9.51. The second-order valence-corrected chi connectivity index (χ2v) is 4.68. The molecule has 0 aromatic carbocycles. The predicted molar refractivity (Wildman–Crippen MR) is 53.4 cm³/mol. The van der Waals surface area contributed by atoms with Crippen LogP contribution in [0.5, 0.6) is 0 Å². The van der Waals surface area contributed by atoms with Gasteiger partial charge in [0.1, 0.15) is 0 Å². The summed E-state index contributed by atoms with van der Waals surface area (Å²) in [5.41, 5.74) is 0. The maximum Gasteiger partial charge on any atom is 0.0799 e. The molecule has 0 radical (unpaired) electrons. The molecule has 1 saturated carbocycles. The molecule has 1 rings (SSSR count). The summed E-state index contributed by atoms with van der Waals surface area (Å²) >= 11 is 0. The second kappa shape index (κ2) is 4.97. The average Bonchev–Trinajstić information content (AvgIpc) is 2.04. The monoisotopic (exact) mass is 186 g/mol. The Bertz CT molecular complexity index is 145. The van der Waals surface area contributed by atoms with Crippen molar-refractivity contribution in [2.45, 2.75) is 58.2 Å². The summed E-state index contributed by atoms with van der Waals surface area (Å²) in [6.07, 6.45) is 4.77. The minimum atomic E-state index is -0.572. The van der Waals surface area contributed by atoms with Crippen molar-refractivity contribution in [1.82, 2.24) is 0 Å². The van der Waals surface area contributed by atoms with Crippen molar-refractivity contribution in [2.75, 3.05) is 0 Å². The van der Waals surface area contributed by atoms with Gasteiger partial charge in [-0.25, -0.2) is 0 Å². The summed E-state index contributed by atoms with van der Waals surface area (Å²) in [6, 6.07) is 0. The highest BCUT2D eigenvalue weighted by molar-refractivity contribution is 4.75. The quantitative estimate of drug-likeness (QED) is 0.707. The molecule has 0 aliphatic heterocycles. The van der Waals surface area contributed by atoms with Gasteiger partial charge in [-0.05, 0) is 31.6 Å². The molecule has 0 saturated heterocycles. The molecule has 3 unspecified atom stereocenters. The highest BCUT2D eigenvalue weighted by atomic mass is 16.3. The molecule has 2 N–H and O–H groups in total. The lowest BCUT2D eigenvalue weighted by Crippen LogP contribution is -2.27. The maximum absolute atomic E-state index is 9.51. The Balaban J connectivity index is 2.27. The van der Waals surface area contributed by atoms with Gasteiger partial charge in [0, 0.05) is 0 Å². The first kappa shape index (κ1) is 11.0. The van der Waals surface area contributed by atoms with Crippen LogP contribution in [0.1, 0.15) is 46.0 Å². The van der Waals surface area contributed by atoms with Crippen LogP contribution in [0, 0.1) is 11.8 Å². The fraction of sp³-hybridized carbons (Fsp3) is 1.00. The molecule has 13 heavy (non-hydrogen) atoms. The Hall–Kier alpha value is -0.0800. The Morgan fingerprint density at radius 1 is 1.31 bits per heavy atom. The van der Waals surface area contributed by atoms with Crippen LogP contribution in [0.2, 0.25) is 0 Å². The van der Waals surface area contributed by atoms with Crippen LogP contribution in [-0.4, -0.2) is 22.4 Å². The van der Waals surface area contributed by atoms with Gasteiger partial charge in [0.25, 0.3) is 0 Å². The smallest absolute Gasteiger partial charge is 0.0799 e. The summed E-state index contributed by atoms with van der Waals surface area (Å²) in [7, 11) is 0. The number of aliphatic hydroxyl groups excluding tert-OH is 2. The van der Waals surface area contributed by atoms with Crippen molar-refractivity contribution in [3.05, 3.63) is 0 Å². The van der Waals surface area contributed by atoms with Crippen LogP contribution in [0.15, 0.2) is 0 Å². The molecule has 2 nitrogen and oxygen atoms in total. The molecular formula is C11H22O2. The van der Waals surface area contributed by atoms with Crippen LogP contribution in [0.3, 0.4) is 0 Å². The molecule has 0 aromatic heterocycles. The summed E-state index contributed by atoms with van der Waals surface area (Å²) < 4.78 is 0. The van der Waals surface area contributed by atoms with E-state index in [1.165, 1.54) is 25.7 Å². The van der Waals surface area contributed by atoms with E-state index in [-0.39, 0.29) is 0 Å². The molecular weight excluding hydrogens is 164 g/mol. The van der Waals surface area contributed by atoms with Gasteiger partial charge in [0.15, 0.2) is 0 Å². The van der Waals surface area contributed by atoms with Crippen molar-refractivity contribution in [1.29, 1.82) is 0 Å². The summed E-state index contributed by atoms with van der Waals surface area (Å²) in [5.74, 6) is 1.44. The van der Waals surface area contributed by atoms with Crippen molar-refractivity contribution < 1.29 is 10.2 Å². The summed E-state index contributed by atoms with van der Waals surface area (Å²) in [5, 5.41) is 18.7. The molecule has 0 spiro atoms. The van der Waals surface area contributed by atoms with Crippen molar-refractivity contribution in [3.8, 4) is 0 Å². The van der Waals surface area contributed by atoms with E-state index < -0.39 is 12.2 Å². The number of hydrogen-bond donors (Lipinski definition) is 2. The molecule has 2 heteroatoms. The zero-order valence-electron chi connectivity index (χ0n) is 8.74. The van der Waals surface area contributed by atoms with E-state index in [1.54, 1.807) is 6.92 Å². The van der Waals surface area contributed by atoms with E-state index in [0.717, 1.165) is 12.3 Å². The van der Waals surface area contributed by atoms with Crippen molar-refractivity contribution in [3.63, 3.8) is 0 Å². The van der Waals surface area contributed by atoms with Gasteiger partial charge in [0.05, 0.1) is 12.2 Å². The highest BCUT2D eigenvalue weighted by Crippen LogP contribution is 2.31. The van der Waals surface area contributed by atoms with E-state index in [9.17, 15) is 5.11 Å². The summed E-state index contributed by atoms with van der Waals surface area (Å²) in [4.78, 5) is 0. The molecule has 0 bridgehead atoms. The van der Waals surface area contributed by atoms with Crippen molar-refractivity contribution in [2.24, 2.45) is 11.8 Å². The average molecular weight is 186 g/mol. The third kappa shape index (κ3) is 3.65. The third-order valence-electron chi connectivity index (χ3n) is 3.18. The first-order chi connectivity index (χ1) is 6.09. The Kier molecular flexibility index (Phi) is 4.20. The Morgan fingerprint density at radius 2 is 2.00 bits per heavy atom. The second-order valence-electron chi connectivity index (χ2n) is 4.68. The molecule has 0 amide bonds. The first-order valence-corrected chi connectivity index (χ1v) is 5.45. The number of hydrogen-bond acceptors (Lipinski definition) is 2. The Labute approximate surface area is 81.0 Å². The van der Waals surface area contributed by atoms with Gasteiger partial charge in [-0.15, -0.1) is 0 Å². The topological polar surface area (TPSA) is 40.5 Å². The lowest BCUT2D eigenvalue weighted by atomic mass is 9.79. The van der Waals surface area contributed by atoms with E-state index in [2.05, 4.69) is 6.92 Å². The summed E-state index contributed by atoms with van der Waals surface area (Å²) in [6.45, 7) is 3.94. The largest absolute Gasteiger partial charge is 0.391 e. The lowest BCUT2D eigenvalue weighted by Gasteiger charge is -2.28. The Morgan fingerprint density at radius 3 is 2.54 bits per heavy atom. The number of aliphatic hydroxyl groups is 2. The van der Waals surface area contributed by atoms with Gasteiger partial charge < -0.3 is 10.2 Å². The van der Waals surface area contributed by atoms with E-state index in [4.69, 9.17) is 5.11 Å². The minimum absolute atomic E-state index is 0.518. The fourth-order valence-electron chi connectivity index (χ4n) is 2.31. The van der Waals surface area contributed by atoms with Crippen LogP contribution in [0.4, 0.5) is 0 Å². The molecule has 0 aromatic rings. The van der Waals surface area contributed by atoms with E-state index in [1.807, 2.05) is 0 Å². The van der Waals surface area contributed by atoms with Crippen LogP contribution < -0.4 is 0 Å². The first-order valence-electron chi connectivity index (χ1n) is 5.45. The van der Waals surface area contributed by atoms with Crippen LogP contribution in [-0.2, 0) is 0 Å². The van der Waals surface area contributed by atoms with Crippen molar-refractivity contribution >= 4 is 0 Å². The van der Waals surface area contributed by atoms with E-state index in [0.29, 0.717) is 5.92 Å². The zero-order chi connectivity index (χ0) is 9.84. The van der Waals surface area contributed by atoms with Gasteiger partial charge in [-0.1, -0.05) is 26.2 Å². The molecule has 0 heterocycles. The van der Waals surface area contributed by atoms with Gasteiger partial charge in [-0.3, -0.25) is 0 Å². The van der Waals surface area contributed by atoms with E-state index >= 15 is 0 Å². The SMILES string of the molecule is CC(O)C(O)CC1CCC[C@@H](C)C1. The van der Waals surface area contributed by atoms with Gasteiger partial charge in [0.2, 0.25) is 0 Å². The molecule has 1 aliphatic rings. The zero-order valence-corrected chi connectivity index (χ0v) is 8.74. The fourth-order valence-corrected chi connectivity index (χ4v) is 2.31. The highest BCUT2D eigenvalue weighted by Gasteiger charge is 2.23. The molecule has 1 fully saturated rings. The normalized spacial score (nSPS) is 34.2. The molecule has 1 aliphatic carbocycles. The molecule has 78 valence electrons. The molecule has 4 atom stereocenters. The van der Waals surface area contributed by atoms with Crippen LogP contribution in [0.25, 0.3) is 0 Å². The number of rotatable bonds is 3. The lowest BCUT2D eigenvalue weighted by molar-refractivity contribution is 0.0101. The minimum Gasteiger partial charge on any atom is -0.391 e. The van der Waals surface area contributed by atoms with Gasteiger partial charge >= 0.3 is 0 Å². The van der Waals surface area contributed by atoms with Crippen LogP contribution >= 0.6 is 0 Å². The predicted octanol–water partition coefficient (Wildman–Crippen LogP) is 1.94. The third-order valence-corrected chi connectivity index (χ3v) is 3.18.